The maximum atomic E-state index is 12.0. The van der Waals surface area contributed by atoms with Gasteiger partial charge in [0.1, 0.15) is 5.52 Å². The van der Waals surface area contributed by atoms with E-state index in [0.29, 0.717) is 12.1 Å². The van der Waals surface area contributed by atoms with Crippen molar-refractivity contribution in [1.82, 2.24) is 9.13 Å². The molecule has 0 fully saturated rings. The topological polar surface area (TPSA) is 26.9 Å². The summed E-state index contributed by atoms with van der Waals surface area (Å²) in [5.74, 6) is 0. The summed E-state index contributed by atoms with van der Waals surface area (Å²) in [5, 5.41) is 0.947. The van der Waals surface area contributed by atoms with Gasteiger partial charge in [-0.15, -0.1) is 6.58 Å². The molecule has 2 aromatic heterocycles. The van der Waals surface area contributed by atoms with Crippen molar-refractivity contribution < 1.29 is 0 Å². The van der Waals surface area contributed by atoms with Crippen LogP contribution < -0.4 is 5.56 Å². The predicted octanol–water partition coefficient (Wildman–Crippen LogP) is 2.29. The van der Waals surface area contributed by atoms with Crippen LogP contribution in [0.25, 0.3) is 10.9 Å². The first-order valence-electron chi connectivity index (χ1n) is 4.60. The number of aromatic nitrogens is 2. The van der Waals surface area contributed by atoms with Crippen molar-refractivity contribution >= 4 is 26.8 Å². The maximum Gasteiger partial charge on any atom is 0.275 e. The Kier molecular flexibility index (Phi) is 2.52. The van der Waals surface area contributed by atoms with E-state index in [-0.39, 0.29) is 5.56 Å². The number of allylic oxidation sites excluding steroid dienone is 1. The number of fused-ring (bicyclic) bond motifs is 1. The van der Waals surface area contributed by atoms with Crippen LogP contribution in [0.5, 0.6) is 0 Å². The van der Waals surface area contributed by atoms with Crippen molar-refractivity contribution in [1.29, 1.82) is 0 Å². The van der Waals surface area contributed by atoms with E-state index in [1.54, 1.807) is 16.8 Å². The molecule has 78 valence electrons. The second kappa shape index (κ2) is 3.70. The zero-order valence-corrected chi connectivity index (χ0v) is 9.99. The van der Waals surface area contributed by atoms with E-state index in [0.717, 1.165) is 9.86 Å². The highest BCUT2D eigenvalue weighted by atomic mass is 79.9. The quantitative estimate of drug-likeness (QED) is 0.767. The van der Waals surface area contributed by atoms with E-state index in [4.69, 9.17) is 0 Å². The summed E-state index contributed by atoms with van der Waals surface area (Å²) >= 11 is 3.46. The summed E-state index contributed by atoms with van der Waals surface area (Å²) in [6.45, 7) is 4.16. The van der Waals surface area contributed by atoms with E-state index in [2.05, 4.69) is 22.5 Å². The Morgan fingerprint density at radius 1 is 1.60 bits per heavy atom. The highest BCUT2D eigenvalue weighted by molar-refractivity contribution is 9.10. The minimum Gasteiger partial charge on any atom is -0.346 e. The van der Waals surface area contributed by atoms with Gasteiger partial charge in [0, 0.05) is 35.8 Å². The number of pyridine rings is 1. The summed E-state index contributed by atoms with van der Waals surface area (Å²) < 4.78 is 4.40. The fraction of sp³-hybridized carbons (Fsp3) is 0.182. The van der Waals surface area contributed by atoms with Gasteiger partial charge in [0.25, 0.3) is 5.56 Å². The van der Waals surface area contributed by atoms with Gasteiger partial charge in [-0.1, -0.05) is 6.08 Å². The molecule has 0 unspecified atom stereocenters. The zero-order chi connectivity index (χ0) is 11.0. The van der Waals surface area contributed by atoms with E-state index in [9.17, 15) is 4.79 Å². The largest absolute Gasteiger partial charge is 0.346 e. The molecule has 0 aromatic carbocycles. The molecule has 0 amide bonds. The molecular weight excluding hydrogens is 256 g/mol. The monoisotopic (exact) mass is 266 g/mol. The molecule has 0 bridgehead atoms. The van der Waals surface area contributed by atoms with Crippen molar-refractivity contribution in [2.75, 3.05) is 0 Å². The fourth-order valence-corrected chi connectivity index (χ4v) is 2.23. The van der Waals surface area contributed by atoms with Crippen molar-refractivity contribution in [2.45, 2.75) is 6.54 Å². The molecule has 4 heteroatoms. The maximum absolute atomic E-state index is 12.0. The SMILES string of the molecule is C=CCn1cc(Br)c2ccn(C)c2c1=O. The van der Waals surface area contributed by atoms with E-state index in [1.807, 2.05) is 23.9 Å². The van der Waals surface area contributed by atoms with Gasteiger partial charge in [0.15, 0.2) is 0 Å². The van der Waals surface area contributed by atoms with Gasteiger partial charge >= 0.3 is 0 Å². The molecule has 0 radical (unpaired) electrons. The summed E-state index contributed by atoms with van der Waals surface area (Å²) in [6, 6.07) is 1.93. The molecule has 0 saturated heterocycles. The number of halogens is 1. The van der Waals surface area contributed by atoms with Crippen LogP contribution >= 0.6 is 15.9 Å². The molecule has 0 saturated carbocycles. The molecule has 15 heavy (non-hydrogen) atoms. The third kappa shape index (κ3) is 1.55. The van der Waals surface area contributed by atoms with Crippen LogP contribution in [0.2, 0.25) is 0 Å². The minimum absolute atomic E-state index is 0.0144. The van der Waals surface area contributed by atoms with Crippen molar-refractivity contribution in [3.63, 3.8) is 0 Å². The Hall–Kier alpha value is -1.29. The molecule has 0 aliphatic carbocycles. The smallest absolute Gasteiger partial charge is 0.275 e. The minimum atomic E-state index is 0.0144. The Morgan fingerprint density at radius 2 is 2.33 bits per heavy atom. The average Bonchev–Trinajstić information content (AvgIpc) is 2.57. The molecule has 2 aromatic rings. The number of hydrogen-bond acceptors (Lipinski definition) is 1. The highest BCUT2D eigenvalue weighted by Gasteiger charge is 2.08. The van der Waals surface area contributed by atoms with Crippen LogP contribution in [0.15, 0.2) is 40.4 Å². The zero-order valence-electron chi connectivity index (χ0n) is 8.40. The lowest BCUT2D eigenvalue weighted by atomic mass is 10.3. The first-order valence-corrected chi connectivity index (χ1v) is 5.39. The second-order valence-electron chi connectivity index (χ2n) is 3.41. The standard InChI is InChI=1S/C11H11BrN2O/c1-3-5-14-7-9(12)8-4-6-13(2)10(8)11(14)15/h3-4,6-7H,1,5H2,2H3. The summed E-state index contributed by atoms with van der Waals surface area (Å²) in [5.41, 5.74) is 0.729. The van der Waals surface area contributed by atoms with Gasteiger partial charge in [-0.2, -0.15) is 0 Å². The fourth-order valence-electron chi connectivity index (χ4n) is 1.66. The molecule has 0 aliphatic rings. The number of rotatable bonds is 2. The molecule has 0 spiro atoms. The van der Waals surface area contributed by atoms with Crippen LogP contribution in [0.4, 0.5) is 0 Å². The first-order chi connectivity index (χ1) is 7.15. The first kappa shape index (κ1) is 10.2. The third-order valence-electron chi connectivity index (χ3n) is 2.39. The molecular formula is C11H11BrN2O. The molecule has 0 aliphatic heterocycles. The molecule has 0 N–H and O–H groups in total. The predicted molar refractivity (Wildman–Crippen MR) is 65.1 cm³/mol. The summed E-state index contributed by atoms with van der Waals surface area (Å²) in [6.07, 6.45) is 5.39. The number of nitrogens with zero attached hydrogens (tertiary/aromatic N) is 2. The lowest BCUT2D eigenvalue weighted by Crippen LogP contribution is -2.20. The Morgan fingerprint density at radius 3 is 3.00 bits per heavy atom. The lowest BCUT2D eigenvalue weighted by Gasteiger charge is -2.05. The average molecular weight is 267 g/mol. The summed E-state index contributed by atoms with van der Waals surface area (Å²) in [7, 11) is 1.87. The normalized spacial score (nSPS) is 10.8. The van der Waals surface area contributed by atoms with Crippen molar-refractivity contribution in [3.8, 4) is 0 Å². The Labute approximate surface area is 95.8 Å². The summed E-state index contributed by atoms with van der Waals surface area (Å²) in [4.78, 5) is 12.0. The van der Waals surface area contributed by atoms with Crippen LogP contribution in [-0.2, 0) is 13.6 Å². The van der Waals surface area contributed by atoms with Crippen LogP contribution in [0.1, 0.15) is 0 Å². The van der Waals surface area contributed by atoms with Gasteiger partial charge in [-0.3, -0.25) is 4.79 Å². The van der Waals surface area contributed by atoms with Crippen LogP contribution in [-0.4, -0.2) is 9.13 Å². The molecule has 2 heterocycles. The van der Waals surface area contributed by atoms with Crippen molar-refractivity contribution in [3.05, 3.63) is 45.9 Å². The van der Waals surface area contributed by atoms with Gasteiger partial charge in [-0.05, 0) is 22.0 Å². The Bertz CT molecular complexity index is 580. The van der Waals surface area contributed by atoms with Crippen LogP contribution in [0.3, 0.4) is 0 Å². The third-order valence-corrected chi connectivity index (χ3v) is 3.02. The van der Waals surface area contributed by atoms with Gasteiger partial charge in [0.2, 0.25) is 0 Å². The van der Waals surface area contributed by atoms with E-state index < -0.39 is 0 Å². The molecule has 3 nitrogen and oxygen atoms in total. The second-order valence-corrected chi connectivity index (χ2v) is 4.27. The molecule has 0 atom stereocenters. The van der Waals surface area contributed by atoms with E-state index >= 15 is 0 Å². The van der Waals surface area contributed by atoms with Gasteiger partial charge in [-0.25, -0.2) is 0 Å². The number of aryl methyl sites for hydroxylation is 1. The van der Waals surface area contributed by atoms with Crippen molar-refractivity contribution in [2.24, 2.45) is 7.05 Å². The van der Waals surface area contributed by atoms with E-state index in [1.165, 1.54) is 0 Å². The van der Waals surface area contributed by atoms with Gasteiger partial charge in [0.05, 0.1) is 0 Å². The van der Waals surface area contributed by atoms with Gasteiger partial charge < -0.3 is 9.13 Å². The number of hydrogen-bond donors (Lipinski definition) is 0. The highest BCUT2D eigenvalue weighted by Crippen LogP contribution is 2.21. The lowest BCUT2D eigenvalue weighted by molar-refractivity contribution is 0.778. The molecule has 2 rings (SSSR count). The van der Waals surface area contributed by atoms with Crippen LogP contribution in [0, 0.1) is 0 Å². The Balaban J connectivity index is 2.87.